The smallest absolute Gasteiger partial charge is 0.322 e. The molecule has 1 aromatic rings. The summed E-state index contributed by atoms with van der Waals surface area (Å²) < 4.78 is 50.2. The summed E-state index contributed by atoms with van der Waals surface area (Å²) in [7, 11) is -5.81. The maximum absolute atomic E-state index is 12.2. The van der Waals surface area contributed by atoms with Gasteiger partial charge in [-0.15, -0.1) is 4.40 Å². The van der Waals surface area contributed by atoms with Crippen LogP contribution in [0, 0.1) is 0 Å². The number of sulfone groups is 1. The molecule has 0 saturated carbocycles. The fourth-order valence-electron chi connectivity index (χ4n) is 1.84. The molecule has 2 rings (SSSR count). The summed E-state index contributed by atoms with van der Waals surface area (Å²) in [6.07, 6.45) is 2.27. The van der Waals surface area contributed by atoms with Gasteiger partial charge in [-0.1, -0.05) is 0 Å². The number of benzene rings is 1. The predicted molar refractivity (Wildman–Crippen MR) is 86.1 cm³/mol. The van der Waals surface area contributed by atoms with E-state index in [1.807, 2.05) is 0 Å². The molecule has 0 unspecified atom stereocenters. The third-order valence-electron chi connectivity index (χ3n) is 3.10. The molecular formula is C13H15N3O5S2. The quantitative estimate of drug-likeness (QED) is 0.849. The van der Waals surface area contributed by atoms with Gasteiger partial charge in [-0.2, -0.15) is 8.42 Å². The van der Waals surface area contributed by atoms with Gasteiger partial charge < -0.3 is 5.32 Å². The lowest BCUT2D eigenvalue weighted by Gasteiger charge is -2.19. The lowest BCUT2D eigenvalue weighted by atomic mass is 10.1. The van der Waals surface area contributed by atoms with Crippen LogP contribution in [0.5, 0.6) is 0 Å². The lowest BCUT2D eigenvalue weighted by molar-refractivity contribution is -0.112. The number of carbonyl (C=O) groups is 1. The topological polar surface area (TPSA) is 113 Å². The van der Waals surface area contributed by atoms with Crippen molar-refractivity contribution in [3.63, 3.8) is 0 Å². The number of carbonyl (C=O) groups excluding carboxylic acids is 1. The highest BCUT2D eigenvalue weighted by Crippen LogP contribution is 2.18. The molecule has 0 bridgehead atoms. The minimum Gasteiger partial charge on any atom is -0.322 e. The number of anilines is 1. The Bertz CT molecular complexity index is 913. The van der Waals surface area contributed by atoms with Gasteiger partial charge in [0.15, 0.2) is 9.84 Å². The predicted octanol–water partition coefficient (Wildman–Crippen LogP) is 0.564. The third-order valence-corrected chi connectivity index (χ3v) is 5.57. The molecule has 0 aliphatic carbocycles. The standard InChI is InChI=1S/C13H15N3O5S2/c1-9-12(8-16(2)23(20,21)15-9)13(17)14-10-4-6-11(7-5-10)22(3,18)19/h4-8H,1-3H3,(H,14,17). The van der Waals surface area contributed by atoms with Crippen molar-refractivity contribution < 1.29 is 21.6 Å². The molecule has 1 aromatic carbocycles. The number of nitrogens with zero attached hydrogens (tertiary/aromatic N) is 2. The van der Waals surface area contributed by atoms with Gasteiger partial charge in [-0.05, 0) is 31.2 Å². The van der Waals surface area contributed by atoms with E-state index < -0.39 is 26.0 Å². The molecule has 1 amide bonds. The highest BCUT2D eigenvalue weighted by Gasteiger charge is 2.25. The average molecular weight is 357 g/mol. The van der Waals surface area contributed by atoms with E-state index in [-0.39, 0.29) is 16.2 Å². The van der Waals surface area contributed by atoms with Crippen LogP contribution in [0.4, 0.5) is 5.69 Å². The van der Waals surface area contributed by atoms with E-state index in [0.29, 0.717) is 5.69 Å². The molecule has 10 heteroatoms. The molecular weight excluding hydrogens is 342 g/mol. The van der Waals surface area contributed by atoms with Crippen LogP contribution in [-0.2, 0) is 24.8 Å². The average Bonchev–Trinajstić information content (AvgIpc) is 2.42. The Kier molecular flexibility index (Phi) is 4.31. The van der Waals surface area contributed by atoms with Crippen molar-refractivity contribution >= 4 is 37.4 Å². The molecule has 124 valence electrons. The van der Waals surface area contributed by atoms with Crippen molar-refractivity contribution in [3.05, 3.63) is 36.0 Å². The number of nitrogens with one attached hydrogen (secondary N) is 1. The zero-order chi connectivity index (χ0) is 17.4. The van der Waals surface area contributed by atoms with Crippen molar-refractivity contribution in [1.82, 2.24) is 4.31 Å². The first-order chi connectivity index (χ1) is 10.5. The van der Waals surface area contributed by atoms with E-state index in [4.69, 9.17) is 0 Å². The number of hydrogen-bond donors (Lipinski definition) is 1. The van der Waals surface area contributed by atoms with Crippen LogP contribution in [0.25, 0.3) is 0 Å². The van der Waals surface area contributed by atoms with Gasteiger partial charge >= 0.3 is 10.2 Å². The minimum absolute atomic E-state index is 0.0772. The van der Waals surface area contributed by atoms with Gasteiger partial charge in [-0.25, -0.2) is 8.42 Å². The molecule has 0 spiro atoms. The van der Waals surface area contributed by atoms with Crippen LogP contribution in [0.1, 0.15) is 6.92 Å². The molecule has 0 aromatic heterocycles. The Morgan fingerprint density at radius 2 is 1.78 bits per heavy atom. The second kappa shape index (κ2) is 5.78. The van der Waals surface area contributed by atoms with Crippen LogP contribution in [0.15, 0.2) is 45.3 Å². The summed E-state index contributed by atoms with van der Waals surface area (Å²) in [6.45, 7) is 1.42. The molecule has 1 aliphatic rings. The summed E-state index contributed by atoms with van der Waals surface area (Å²) in [5, 5.41) is 2.56. The number of amides is 1. The Hall–Kier alpha value is -2.20. The SMILES string of the molecule is CC1=NS(=O)(=O)N(C)C=C1C(=O)Nc1ccc(S(C)(=O)=O)cc1. The lowest BCUT2D eigenvalue weighted by Crippen LogP contribution is -2.30. The maximum Gasteiger partial charge on any atom is 0.344 e. The summed E-state index contributed by atoms with van der Waals surface area (Å²) >= 11 is 0. The summed E-state index contributed by atoms with van der Waals surface area (Å²) in [5.41, 5.74) is 0.565. The molecule has 23 heavy (non-hydrogen) atoms. The van der Waals surface area contributed by atoms with Gasteiger partial charge in [-0.3, -0.25) is 9.10 Å². The van der Waals surface area contributed by atoms with Crippen LogP contribution < -0.4 is 5.32 Å². The molecule has 0 saturated heterocycles. The second-order valence-corrected chi connectivity index (χ2v) is 8.63. The van der Waals surface area contributed by atoms with Gasteiger partial charge in [0.2, 0.25) is 0 Å². The highest BCUT2D eigenvalue weighted by molar-refractivity contribution is 7.90. The van der Waals surface area contributed by atoms with E-state index in [1.54, 1.807) is 0 Å². The first kappa shape index (κ1) is 17.2. The summed E-state index contributed by atoms with van der Waals surface area (Å²) in [6, 6.07) is 5.64. The zero-order valence-corrected chi connectivity index (χ0v) is 14.3. The fourth-order valence-corrected chi connectivity index (χ4v) is 3.28. The Morgan fingerprint density at radius 1 is 1.22 bits per heavy atom. The van der Waals surface area contributed by atoms with Crippen molar-refractivity contribution in [1.29, 1.82) is 0 Å². The van der Waals surface area contributed by atoms with Gasteiger partial charge in [0.1, 0.15) is 0 Å². The molecule has 0 atom stereocenters. The van der Waals surface area contributed by atoms with Gasteiger partial charge in [0.25, 0.3) is 5.91 Å². The van der Waals surface area contributed by atoms with E-state index in [2.05, 4.69) is 9.71 Å². The number of hydrogen-bond acceptors (Lipinski definition) is 5. The first-order valence-electron chi connectivity index (χ1n) is 6.39. The molecule has 0 radical (unpaired) electrons. The van der Waals surface area contributed by atoms with Crippen molar-refractivity contribution in [2.75, 3.05) is 18.6 Å². The minimum atomic E-state index is -3.77. The first-order valence-corrected chi connectivity index (χ1v) is 9.68. The van der Waals surface area contributed by atoms with Crippen LogP contribution in [0.2, 0.25) is 0 Å². The Balaban J connectivity index is 2.22. The van der Waals surface area contributed by atoms with Gasteiger partial charge in [0.05, 0.1) is 16.2 Å². The molecule has 1 N–H and O–H groups in total. The fraction of sp³-hybridized carbons (Fsp3) is 0.231. The van der Waals surface area contributed by atoms with Crippen LogP contribution >= 0.6 is 0 Å². The molecule has 1 heterocycles. The van der Waals surface area contributed by atoms with E-state index in [1.165, 1.54) is 44.4 Å². The van der Waals surface area contributed by atoms with E-state index in [9.17, 15) is 21.6 Å². The zero-order valence-electron chi connectivity index (χ0n) is 12.6. The van der Waals surface area contributed by atoms with Crippen LogP contribution in [-0.4, -0.2) is 46.1 Å². The van der Waals surface area contributed by atoms with Crippen molar-refractivity contribution in [2.45, 2.75) is 11.8 Å². The Labute approximate surface area is 134 Å². The normalized spacial score (nSPS) is 17.3. The van der Waals surface area contributed by atoms with E-state index >= 15 is 0 Å². The van der Waals surface area contributed by atoms with Gasteiger partial charge in [0, 0.05) is 25.2 Å². The number of rotatable bonds is 3. The Morgan fingerprint density at radius 3 is 2.30 bits per heavy atom. The molecule has 8 nitrogen and oxygen atoms in total. The van der Waals surface area contributed by atoms with E-state index in [0.717, 1.165) is 10.6 Å². The second-order valence-electron chi connectivity index (χ2n) is 4.96. The summed E-state index contributed by atoms with van der Waals surface area (Å²) in [5.74, 6) is -0.542. The largest absolute Gasteiger partial charge is 0.344 e. The van der Waals surface area contributed by atoms with Crippen molar-refractivity contribution in [3.8, 4) is 0 Å². The monoisotopic (exact) mass is 357 g/mol. The highest BCUT2D eigenvalue weighted by atomic mass is 32.2. The molecule has 1 aliphatic heterocycles. The maximum atomic E-state index is 12.2. The van der Waals surface area contributed by atoms with Crippen molar-refractivity contribution in [2.24, 2.45) is 4.40 Å². The molecule has 0 fully saturated rings. The van der Waals surface area contributed by atoms with Crippen LogP contribution in [0.3, 0.4) is 0 Å². The third kappa shape index (κ3) is 3.77. The summed E-state index contributed by atoms with van der Waals surface area (Å²) in [4.78, 5) is 12.4.